The first-order valence-electron chi connectivity index (χ1n) is 7.39. The van der Waals surface area contributed by atoms with Crippen molar-refractivity contribution in [2.75, 3.05) is 26.3 Å². The average molecular weight is 307 g/mol. The normalized spacial score (nSPS) is 28.0. The second kappa shape index (κ2) is 5.68. The Bertz CT molecular complexity index is 600. The van der Waals surface area contributed by atoms with E-state index in [1.807, 2.05) is 6.07 Å². The number of hydrogen-bond acceptors (Lipinski definition) is 3. The molecule has 2 aliphatic rings. The van der Waals surface area contributed by atoms with Gasteiger partial charge in [-0.2, -0.15) is 0 Å². The van der Waals surface area contributed by atoms with Crippen LogP contribution in [0.25, 0.3) is 0 Å². The molecule has 0 spiro atoms. The molecule has 1 aromatic carbocycles. The minimum Gasteiger partial charge on any atom is -0.479 e. The fourth-order valence-electron chi connectivity index (χ4n) is 3.03. The summed E-state index contributed by atoms with van der Waals surface area (Å²) in [6.07, 6.45) is 0.762. The van der Waals surface area contributed by atoms with Crippen LogP contribution in [0.4, 0.5) is 4.39 Å². The molecule has 0 radical (unpaired) electrons. The lowest BCUT2D eigenvalue weighted by Gasteiger charge is -2.18. The van der Waals surface area contributed by atoms with Gasteiger partial charge in [-0.1, -0.05) is 12.1 Å². The van der Waals surface area contributed by atoms with Gasteiger partial charge in [-0.15, -0.1) is 0 Å². The molecule has 0 aliphatic carbocycles. The number of likely N-dealkylation sites (tertiary alicyclic amines) is 1. The van der Waals surface area contributed by atoms with Crippen LogP contribution in [0, 0.1) is 0 Å². The van der Waals surface area contributed by atoms with E-state index in [2.05, 4.69) is 0 Å². The number of carboxylic acids is 1. The second-order valence-corrected chi connectivity index (χ2v) is 5.93. The molecule has 3 rings (SSSR count). The number of aliphatic carboxylic acids is 1. The van der Waals surface area contributed by atoms with Crippen LogP contribution in [0.15, 0.2) is 24.3 Å². The third kappa shape index (κ3) is 2.70. The van der Waals surface area contributed by atoms with Crippen molar-refractivity contribution in [2.24, 2.45) is 0 Å². The highest BCUT2D eigenvalue weighted by Gasteiger charge is 2.47. The maximum absolute atomic E-state index is 14.1. The zero-order chi connectivity index (χ0) is 15.7. The summed E-state index contributed by atoms with van der Waals surface area (Å²) in [5, 5.41) is 8.90. The van der Waals surface area contributed by atoms with E-state index in [0.29, 0.717) is 12.2 Å². The van der Waals surface area contributed by atoms with Gasteiger partial charge < -0.3 is 14.7 Å². The van der Waals surface area contributed by atoms with Gasteiger partial charge in [0, 0.05) is 31.1 Å². The van der Waals surface area contributed by atoms with Crippen molar-refractivity contribution in [2.45, 2.75) is 24.4 Å². The number of carbonyl (C=O) groups is 2. The number of amides is 1. The Kier molecular flexibility index (Phi) is 3.87. The first kappa shape index (κ1) is 15.0. The maximum Gasteiger partial charge on any atom is 0.343 e. The molecule has 2 fully saturated rings. The molecule has 2 saturated heterocycles. The smallest absolute Gasteiger partial charge is 0.343 e. The van der Waals surface area contributed by atoms with E-state index in [1.54, 1.807) is 18.2 Å². The highest BCUT2D eigenvalue weighted by Crippen LogP contribution is 2.29. The van der Waals surface area contributed by atoms with E-state index in [9.17, 15) is 14.0 Å². The van der Waals surface area contributed by atoms with Crippen LogP contribution in [0.1, 0.15) is 34.7 Å². The fraction of sp³-hybridized carbons (Fsp3) is 0.500. The largest absolute Gasteiger partial charge is 0.479 e. The molecule has 2 atom stereocenters. The van der Waals surface area contributed by atoms with E-state index in [-0.39, 0.29) is 24.8 Å². The van der Waals surface area contributed by atoms with Crippen LogP contribution in [-0.2, 0) is 9.53 Å². The molecule has 0 unspecified atom stereocenters. The molecule has 118 valence electrons. The van der Waals surface area contributed by atoms with Gasteiger partial charge in [0.1, 0.15) is 0 Å². The topological polar surface area (TPSA) is 66.8 Å². The summed E-state index contributed by atoms with van der Waals surface area (Å²) in [4.78, 5) is 24.7. The Morgan fingerprint density at radius 1 is 1.41 bits per heavy atom. The fourth-order valence-corrected chi connectivity index (χ4v) is 3.03. The van der Waals surface area contributed by atoms with Gasteiger partial charge in [0.15, 0.2) is 0 Å². The van der Waals surface area contributed by atoms with E-state index < -0.39 is 18.2 Å². The first-order valence-corrected chi connectivity index (χ1v) is 7.39. The van der Waals surface area contributed by atoms with Crippen molar-refractivity contribution in [3.05, 3.63) is 35.4 Å². The number of ether oxygens (including phenoxy) is 1. The third-order valence-electron chi connectivity index (χ3n) is 4.42. The van der Waals surface area contributed by atoms with Crippen molar-refractivity contribution in [1.29, 1.82) is 0 Å². The summed E-state index contributed by atoms with van der Waals surface area (Å²) >= 11 is 0. The Balaban J connectivity index is 1.75. The van der Waals surface area contributed by atoms with Crippen molar-refractivity contribution in [1.82, 2.24) is 4.90 Å². The van der Waals surface area contributed by atoms with E-state index >= 15 is 0 Å². The van der Waals surface area contributed by atoms with Gasteiger partial charge in [0.2, 0.25) is 5.67 Å². The molecular weight excluding hydrogens is 289 g/mol. The van der Waals surface area contributed by atoms with Crippen LogP contribution in [0.3, 0.4) is 0 Å². The second-order valence-electron chi connectivity index (χ2n) is 5.93. The molecular formula is C16H18FNO4. The van der Waals surface area contributed by atoms with Crippen molar-refractivity contribution < 1.29 is 23.8 Å². The quantitative estimate of drug-likeness (QED) is 0.925. The SMILES string of the molecule is O=C(c1cccc([C@H]2CCOC2)c1)N1CC[C@@](F)(C(=O)O)C1. The number of benzene rings is 1. The summed E-state index contributed by atoms with van der Waals surface area (Å²) in [6, 6.07) is 7.25. The molecule has 0 aromatic heterocycles. The Morgan fingerprint density at radius 2 is 2.23 bits per heavy atom. The molecule has 6 heteroatoms. The van der Waals surface area contributed by atoms with Crippen LogP contribution < -0.4 is 0 Å². The Hall–Kier alpha value is -1.95. The van der Waals surface area contributed by atoms with Crippen molar-refractivity contribution in [3.63, 3.8) is 0 Å². The summed E-state index contributed by atoms with van der Waals surface area (Å²) < 4.78 is 19.4. The maximum atomic E-state index is 14.1. The minimum atomic E-state index is -2.33. The Morgan fingerprint density at radius 3 is 2.86 bits per heavy atom. The molecule has 1 aromatic rings. The van der Waals surface area contributed by atoms with Gasteiger partial charge >= 0.3 is 5.97 Å². The molecule has 22 heavy (non-hydrogen) atoms. The van der Waals surface area contributed by atoms with E-state index in [1.165, 1.54) is 4.90 Å². The van der Waals surface area contributed by atoms with E-state index in [4.69, 9.17) is 9.84 Å². The molecule has 1 amide bonds. The summed E-state index contributed by atoms with van der Waals surface area (Å²) in [7, 11) is 0. The molecule has 2 heterocycles. The average Bonchev–Trinajstić information content (AvgIpc) is 3.17. The monoisotopic (exact) mass is 307 g/mol. The van der Waals surface area contributed by atoms with Gasteiger partial charge in [-0.25, -0.2) is 9.18 Å². The zero-order valence-corrected chi connectivity index (χ0v) is 12.1. The number of rotatable bonds is 3. The number of carbonyl (C=O) groups excluding carboxylic acids is 1. The third-order valence-corrected chi connectivity index (χ3v) is 4.42. The molecule has 0 saturated carbocycles. The van der Waals surface area contributed by atoms with Gasteiger partial charge in [0.25, 0.3) is 5.91 Å². The molecule has 5 nitrogen and oxygen atoms in total. The van der Waals surface area contributed by atoms with Crippen LogP contribution in [-0.4, -0.2) is 53.9 Å². The zero-order valence-electron chi connectivity index (χ0n) is 12.1. The number of carboxylic acid groups (broad SMARTS) is 1. The van der Waals surface area contributed by atoms with Gasteiger partial charge in [-0.3, -0.25) is 4.79 Å². The molecule has 2 aliphatic heterocycles. The lowest BCUT2D eigenvalue weighted by Crippen LogP contribution is -2.38. The summed E-state index contributed by atoms with van der Waals surface area (Å²) in [6.45, 7) is 1.10. The number of alkyl halides is 1. The predicted octanol–water partition coefficient (Wildman–Crippen LogP) is 1.83. The Labute approximate surface area is 127 Å². The molecule has 1 N–H and O–H groups in total. The van der Waals surface area contributed by atoms with E-state index in [0.717, 1.165) is 18.6 Å². The number of hydrogen-bond donors (Lipinski definition) is 1. The van der Waals surface area contributed by atoms with Crippen LogP contribution in [0.5, 0.6) is 0 Å². The first-order chi connectivity index (χ1) is 10.5. The van der Waals surface area contributed by atoms with Gasteiger partial charge in [0.05, 0.1) is 13.2 Å². The van der Waals surface area contributed by atoms with Crippen molar-refractivity contribution in [3.8, 4) is 0 Å². The lowest BCUT2D eigenvalue weighted by atomic mass is 9.96. The van der Waals surface area contributed by atoms with Gasteiger partial charge in [-0.05, 0) is 24.1 Å². The summed E-state index contributed by atoms with van der Waals surface area (Å²) in [5.41, 5.74) is -0.821. The molecule has 0 bridgehead atoms. The minimum absolute atomic E-state index is 0.123. The lowest BCUT2D eigenvalue weighted by molar-refractivity contribution is -0.149. The number of nitrogens with zero attached hydrogens (tertiary/aromatic N) is 1. The highest BCUT2D eigenvalue weighted by atomic mass is 19.1. The highest BCUT2D eigenvalue weighted by molar-refractivity contribution is 5.95. The number of halogens is 1. The van der Waals surface area contributed by atoms with Crippen LogP contribution >= 0.6 is 0 Å². The van der Waals surface area contributed by atoms with Crippen molar-refractivity contribution >= 4 is 11.9 Å². The van der Waals surface area contributed by atoms with Crippen LogP contribution in [0.2, 0.25) is 0 Å². The predicted molar refractivity (Wildman–Crippen MR) is 76.6 cm³/mol. The standard InChI is InChI=1S/C16H18FNO4/c17-16(15(20)21)5-6-18(10-16)14(19)12-3-1-2-11(8-12)13-4-7-22-9-13/h1-3,8,13H,4-7,9-10H2,(H,20,21)/t13-,16-/m0/s1. The summed E-state index contributed by atoms with van der Waals surface area (Å²) in [5.74, 6) is -1.54.